The molecule has 2 heterocycles. The number of nitrogens with zero attached hydrogens (tertiary/aromatic N) is 3. The number of ether oxygens (including phenoxy) is 2. The summed E-state index contributed by atoms with van der Waals surface area (Å²) in [4.78, 5) is 16.4. The van der Waals surface area contributed by atoms with Gasteiger partial charge in [0, 0.05) is 38.6 Å². The molecular formula is C24H24N4O5S. The number of hydrogen-bond donors (Lipinski definition) is 1. The van der Waals surface area contributed by atoms with Crippen molar-refractivity contribution in [3.05, 3.63) is 71.4 Å². The Morgan fingerprint density at radius 3 is 2.47 bits per heavy atom. The standard InChI is InChI=1S/C24H24N4O5S/c1-27-21-12-20(26-34(30,31)19-7-4-10-25-14-19)23(13-22(21)28(2)24(27)29)33-18-6-3-5-17(11-18)32-15-16-8-9-16/h3-7,10-14,16,26H,8-9,15H2,1-2H3. The third-order valence-electron chi connectivity index (χ3n) is 5.78. The maximum atomic E-state index is 13.0. The van der Waals surface area contributed by atoms with Crippen LogP contribution in [0.25, 0.3) is 11.0 Å². The Morgan fingerprint density at radius 2 is 1.76 bits per heavy atom. The average molecular weight is 481 g/mol. The van der Waals surface area contributed by atoms with E-state index in [1.807, 2.05) is 12.1 Å². The van der Waals surface area contributed by atoms with Crippen LogP contribution in [0.2, 0.25) is 0 Å². The van der Waals surface area contributed by atoms with E-state index >= 15 is 0 Å². The van der Waals surface area contributed by atoms with Crippen LogP contribution >= 0.6 is 0 Å². The molecule has 0 radical (unpaired) electrons. The number of fused-ring (bicyclic) bond motifs is 1. The summed E-state index contributed by atoms with van der Waals surface area (Å²) < 4.78 is 43.5. The van der Waals surface area contributed by atoms with Gasteiger partial charge in [-0.1, -0.05) is 6.07 Å². The fraction of sp³-hybridized carbons (Fsp3) is 0.250. The summed E-state index contributed by atoms with van der Waals surface area (Å²) in [6.07, 6.45) is 5.14. The van der Waals surface area contributed by atoms with Crippen LogP contribution in [0.1, 0.15) is 12.8 Å². The molecule has 0 amide bonds. The Bertz CT molecular complexity index is 1520. The maximum Gasteiger partial charge on any atom is 0.328 e. The molecule has 1 aliphatic carbocycles. The van der Waals surface area contributed by atoms with Gasteiger partial charge >= 0.3 is 5.69 Å². The smallest absolute Gasteiger partial charge is 0.328 e. The number of aromatic nitrogens is 3. The van der Waals surface area contributed by atoms with E-state index < -0.39 is 10.0 Å². The number of imidazole rings is 1. The minimum absolute atomic E-state index is 0.0125. The monoisotopic (exact) mass is 480 g/mol. The molecule has 0 aliphatic heterocycles. The number of nitrogens with one attached hydrogen (secondary N) is 1. The summed E-state index contributed by atoms with van der Waals surface area (Å²) in [5.41, 5.74) is 1.13. The lowest BCUT2D eigenvalue weighted by Crippen LogP contribution is -2.19. The number of benzene rings is 2. The Labute approximate surface area is 196 Å². The third kappa shape index (κ3) is 4.36. The Morgan fingerprint density at radius 1 is 1.03 bits per heavy atom. The van der Waals surface area contributed by atoms with Crippen molar-refractivity contribution in [1.29, 1.82) is 0 Å². The van der Waals surface area contributed by atoms with Gasteiger partial charge in [0.15, 0.2) is 5.75 Å². The quantitative estimate of drug-likeness (QED) is 0.413. The zero-order valence-corrected chi connectivity index (χ0v) is 19.6. The number of rotatable bonds is 8. The fourth-order valence-electron chi connectivity index (χ4n) is 3.65. The van der Waals surface area contributed by atoms with Gasteiger partial charge < -0.3 is 9.47 Å². The van der Waals surface area contributed by atoms with E-state index in [2.05, 4.69) is 9.71 Å². The van der Waals surface area contributed by atoms with Gasteiger partial charge in [-0.3, -0.25) is 18.8 Å². The van der Waals surface area contributed by atoms with Gasteiger partial charge in [-0.25, -0.2) is 13.2 Å². The molecule has 34 heavy (non-hydrogen) atoms. The molecule has 1 saturated carbocycles. The van der Waals surface area contributed by atoms with E-state index in [1.165, 1.54) is 40.4 Å². The number of hydrogen-bond acceptors (Lipinski definition) is 6. The molecule has 0 bridgehead atoms. The maximum absolute atomic E-state index is 13.0. The highest BCUT2D eigenvalue weighted by atomic mass is 32.2. The molecule has 176 valence electrons. The van der Waals surface area contributed by atoms with Gasteiger partial charge in [0.25, 0.3) is 10.0 Å². The first-order valence-corrected chi connectivity index (χ1v) is 12.3. The molecule has 1 fully saturated rings. The van der Waals surface area contributed by atoms with E-state index in [0.29, 0.717) is 35.1 Å². The second kappa shape index (κ2) is 8.53. The van der Waals surface area contributed by atoms with Gasteiger partial charge in [0.05, 0.1) is 23.3 Å². The largest absolute Gasteiger partial charge is 0.493 e. The topological polar surface area (TPSA) is 104 Å². The highest BCUT2D eigenvalue weighted by Gasteiger charge is 2.22. The third-order valence-corrected chi connectivity index (χ3v) is 7.13. The number of pyridine rings is 1. The zero-order chi connectivity index (χ0) is 23.9. The normalized spacial score (nSPS) is 13.7. The number of anilines is 1. The minimum Gasteiger partial charge on any atom is -0.493 e. The van der Waals surface area contributed by atoms with E-state index in [-0.39, 0.29) is 22.0 Å². The first-order valence-electron chi connectivity index (χ1n) is 10.8. The van der Waals surface area contributed by atoms with Crippen LogP contribution in [-0.2, 0) is 24.1 Å². The van der Waals surface area contributed by atoms with E-state index in [1.54, 1.807) is 44.4 Å². The second-order valence-corrected chi connectivity index (χ2v) is 10.0. The second-order valence-electron chi connectivity index (χ2n) is 8.36. The summed E-state index contributed by atoms with van der Waals surface area (Å²) in [6.45, 7) is 0.664. The van der Waals surface area contributed by atoms with Crippen LogP contribution in [0.15, 0.2) is 70.6 Å². The van der Waals surface area contributed by atoms with E-state index in [4.69, 9.17) is 9.47 Å². The van der Waals surface area contributed by atoms with Crippen LogP contribution in [0, 0.1) is 5.92 Å². The molecule has 2 aromatic carbocycles. The Kier molecular flexibility index (Phi) is 5.52. The first-order chi connectivity index (χ1) is 16.3. The molecule has 0 atom stereocenters. The van der Waals surface area contributed by atoms with Crippen LogP contribution < -0.4 is 19.9 Å². The molecule has 4 aromatic rings. The van der Waals surface area contributed by atoms with Crippen LogP contribution in [0.4, 0.5) is 5.69 Å². The molecular weight excluding hydrogens is 456 g/mol. The molecule has 2 aromatic heterocycles. The van der Waals surface area contributed by atoms with Crippen LogP contribution in [-0.4, -0.2) is 29.1 Å². The fourth-order valence-corrected chi connectivity index (χ4v) is 4.68. The zero-order valence-electron chi connectivity index (χ0n) is 18.8. The molecule has 5 rings (SSSR count). The average Bonchev–Trinajstić information content (AvgIpc) is 3.64. The molecule has 0 unspecified atom stereocenters. The lowest BCUT2D eigenvalue weighted by molar-refractivity contribution is 0.298. The summed E-state index contributed by atoms with van der Waals surface area (Å²) in [6, 6.07) is 13.4. The number of aryl methyl sites for hydroxylation is 2. The van der Waals surface area contributed by atoms with Crippen molar-refractivity contribution >= 4 is 26.7 Å². The van der Waals surface area contributed by atoms with Crippen molar-refractivity contribution in [2.75, 3.05) is 11.3 Å². The van der Waals surface area contributed by atoms with Crippen molar-refractivity contribution in [3.63, 3.8) is 0 Å². The van der Waals surface area contributed by atoms with Gasteiger partial charge in [-0.05, 0) is 49.1 Å². The summed E-state index contributed by atoms with van der Waals surface area (Å²) in [5.74, 6) is 2.02. The van der Waals surface area contributed by atoms with Gasteiger partial charge in [0.2, 0.25) is 0 Å². The van der Waals surface area contributed by atoms with Gasteiger partial charge in [0.1, 0.15) is 16.4 Å². The minimum atomic E-state index is -3.94. The number of sulfonamides is 1. The summed E-state index contributed by atoms with van der Waals surface area (Å²) in [7, 11) is -0.660. The SMILES string of the molecule is Cn1c(=O)n(C)c2cc(Oc3cccc(OCC4CC4)c3)c(NS(=O)(=O)c3cccnc3)cc21. The Balaban J connectivity index is 1.55. The summed E-state index contributed by atoms with van der Waals surface area (Å²) >= 11 is 0. The van der Waals surface area contributed by atoms with Crippen molar-refractivity contribution in [2.24, 2.45) is 20.0 Å². The van der Waals surface area contributed by atoms with E-state index in [0.717, 1.165) is 0 Å². The first kappa shape index (κ1) is 22.0. The molecule has 1 aliphatic rings. The molecule has 1 N–H and O–H groups in total. The highest BCUT2D eigenvalue weighted by Crippen LogP contribution is 2.36. The van der Waals surface area contributed by atoms with Crippen molar-refractivity contribution < 1.29 is 17.9 Å². The van der Waals surface area contributed by atoms with Crippen LogP contribution in [0.5, 0.6) is 17.2 Å². The summed E-state index contributed by atoms with van der Waals surface area (Å²) in [5, 5.41) is 0. The molecule has 10 heteroatoms. The lowest BCUT2D eigenvalue weighted by atomic mass is 10.2. The van der Waals surface area contributed by atoms with Gasteiger partial charge in [-0.2, -0.15) is 0 Å². The van der Waals surface area contributed by atoms with Crippen molar-refractivity contribution in [1.82, 2.24) is 14.1 Å². The highest BCUT2D eigenvalue weighted by molar-refractivity contribution is 7.92. The van der Waals surface area contributed by atoms with Gasteiger partial charge in [-0.15, -0.1) is 0 Å². The molecule has 9 nitrogen and oxygen atoms in total. The molecule has 0 saturated heterocycles. The van der Waals surface area contributed by atoms with E-state index in [9.17, 15) is 13.2 Å². The van der Waals surface area contributed by atoms with Crippen molar-refractivity contribution in [3.8, 4) is 17.2 Å². The predicted molar refractivity (Wildman–Crippen MR) is 128 cm³/mol. The Hall–Kier alpha value is -3.79. The van der Waals surface area contributed by atoms with Crippen molar-refractivity contribution in [2.45, 2.75) is 17.7 Å². The molecule has 0 spiro atoms. The predicted octanol–water partition coefficient (Wildman–Crippen LogP) is 3.65. The lowest BCUT2D eigenvalue weighted by Gasteiger charge is -2.15. The van der Waals surface area contributed by atoms with Crippen LogP contribution in [0.3, 0.4) is 0 Å².